The van der Waals surface area contributed by atoms with E-state index in [0.29, 0.717) is 19.6 Å². The van der Waals surface area contributed by atoms with E-state index in [1.165, 1.54) is 0 Å². The van der Waals surface area contributed by atoms with Gasteiger partial charge in [0.25, 0.3) is 0 Å². The number of methoxy groups -OCH3 is 1. The van der Waals surface area contributed by atoms with Gasteiger partial charge in [-0.25, -0.2) is 0 Å². The van der Waals surface area contributed by atoms with Gasteiger partial charge in [-0.2, -0.15) is 0 Å². The van der Waals surface area contributed by atoms with Gasteiger partial charge in [-0.05, 0) is 40.0 Å². The molecular formula is C12H17BrO3. The number of halogens is 1. The Morgan fingerprint density at radius 2 is 2.12 bits per heavy atom. The fraction of sp³-hybridized carbons (Fsp3) is 0.500. The van der Waals surface area contributed by atoms with Crippen LogP contribution in [-0.4, -0.2) is 25.4 Å². The van der Waals surface area contributed by atoms with Crippen molar-refractivity contribution in [1.82, 2.24) is 0 Å². The van der Waals surface area contributed by atoms with Gasteiger partial charge >= 0.3 is 0 Å². The fourth-order valence-corrected chi connectivity index (χ4v) is 1.82. The molecule has 16 heavy (non-hydrogen) atoms. The number of hydrogen-bond acceptors (Lipinski definition) is 3. The predicted molar refractivity (Wildman–Crippen MR) is 66.8 cm³/mol. The quantitative estimate of drug-likeness (QED) is 0.818. The van der Waals surface area contributed by atoms with Crippen LogP contribution in [0.3, 0.4) is 0 Å². The van der Waals surface area contributed by atoms with Crippen LogP contribution in [0.5, 0.6) is 5.75 Å². The molecule has 0 spiro atoms. The average molecular weight is 289 g/mol. The van der Waals surface area contributed by atoms with Crippen LogP contribution in [0.25, 0.3) is 0 Å². The highest BCUT2D eigenvalue weighted by atomic mass is 79.9. The van der Waals surface area contributed by atoms with E-state index in [1.807, 2.05) is 25.1 Å². The minimum absolute atomic E-state index is 0.413. The van der Waals surface area contributed by atoms with Crippen molar-refractivity contribution in [2.24, 2.45) is 0 Å². The second kappa shape index (κ2) is 6.89. The van der Waals surface area contributed by atoms with Crippen molar-refractivity contribution in [1.29, 1.82) is 0 Å². The largest absolute Gasteiger partial charge is 0.490 e. The first kappa shape index (κ1) is 13.5. The van der Waals surface area contributed by atoms with E-state index in [9.17, 15) is 5.11 Å². The van der Waals surface area contributed by atoms with Crippen LogP contribution in [0.15, 0.2) is 22.7 Å². The lowest BCUT2D eigenvalue weighted by Crippen LogP contribution is -2.05. The van der Waals surface area contributed by atoms with Gasteiger partial charge in [0.05, 0.1) is 17.2 Å². The zero-order valence-electron chi connectivity index (χ0n) is 9.57. The first-order valence-electron chi connectivity index (χ1n) is 5.28. The lowest BCUT2D eigenvalue weighted by atomic mass is 10.1. The topological polar surface area (TPSA) is 38.7 Å². The third-order valence-electron chi connectivity index (χ3n) is 2.27. The van der Waals surface area contributed by atoms with Crippen LogP contribution in [0.1, 0.15) is 25.0 Å². The smallest absolute Gasteiger partial charge is 0.133 e. The molecule has 0 saturated heterocycles. The van der Waals surface area contributed by atoms with Crippen molar-refractivity contribution in [3.63, 3.8) is 0 Å². The van der Waals surface area contributed by atoms with E-state index in [0.717, 1.165) is 15.8 Å². The summed E-state index contributed by atoms with van der Waals surface area (Å²) < 4.78 is 11.2. The van der Waals surface area contributed by atoms with Crippen LogP contribution >= 0.6 is 15.9 Å². The number of hydrogen-bond donors (Lipinski definition) is 1. The molecule has 0 bridgehead atoms. The standard InChI is InChI=1S/C12H17BrO3/c1-3-11(14)9-4-5-12(10(13)8-9)16-7-6-15-2/h4-5,8,11,14H,3,6-7H2,1-2H3/t11-/m0/s1. The lowest BCUT2D eigenvalue weighted by Gasteiger charge is -2.12. The molecule has 0 aliphatic rings. The molecular weight excluding hydrogens is 272 g/mol. The van der Waals surface area contributed by atoms with Gasteiger partial charge in [0.15, 0.2) is 0 Å². The molecule has 0 radical (unpaired) electrons. The van der Waals surface area contributed by atoms with Crippen molar-refractivity contribution in [2.75, 3.05) is 20.3 Å². The Bertz CT molecular complexity index is 328. The second-order valence-corrected chi connectivity index (χ2v) is 4.31. The highest BCUT2D eigenvalue weighted by Gasteiger charge is 2.08. The van der Waals surface area contributed by atoms with Gasteiger partial charge in [-0.15, -0.1) is 0 Å². The molecule has 0 amide bonds. The fourth-order valence-electron chi connectivity index (χ4n) is 1.31. The normalized spacial score (nSPS) is 12.5. The summed E-state index contributed by atoms with van der Waals surface area (Å²) in [5.74, 6) is 0.768. The summed E-state index contributed by atoms with van der Waals surface area (Å²) >= 11 is 3.42. The van der Waals surface area contributed by atoms with E-state index >= 15 is 0 Å². The maximum Gasteiger partial charge on any atom is 0.133 e. The van der Waals surface area contributed by atoms with E-state index in [4.69, 9.17) is 9.47 Å². The summed E-state index contributed by atoms with van der Waals surface area (Å²) in [5, 5.41) is 9.68. The minimum Gasteiger partial charge on any atom is -0.490 e. The van der Waals surface area contributed by atoms with Crippen LogP contribution < -0.4 is 4.74 Å². The molecule has 0 saturated carbocycles. The van der Waals surface area contributed by atoms with Crippen LogP contribution in [0, 0.1) is 0 Å². The number of aliphatic hydroxyl groups is 1. The molecule has 0 unspecified atom stereocenters. The van der Waals surface area contributed by atoms with E-state index in [1.54, 1.807) is 7.11 Å². The summed E-state index contributed by atoms with van der Waals surface area (Å²) in [4.78, 5) is 0. The van der Waals surface area contributed by atoms with Gasteiger partial charge in [0, 0.05) is 7.11 Å². The third-order valence-corrected chi connectivity index (χ3v) is 2.89. The Morgan fingerprint density at radius 3 is 2.69 bits per heavy atom. The van der Waals surface area contributed by atoms with Crippen LogP contribution in [-0.2, 0) is 4.74 Å². The van der Waals surface area contributed by atoms with Gasteiger partial charge < -0.3 is 14.6 Å². The average Bonchev–Trinajstić information content (AvgIpc) is 2.30. The van der Waals surface area contributed by atoms with Gasteiger partial charge in [0.1, 0.15) is 12.4 Å². The molecule has 0 heterocycles. The molecule has 0 aliphatic carbocycles. The molecule has 90 valence electrons. The van der Waals surface area contributed by atoms with Crippen molar-refractivity contribution in [2.45, 2.75) is 19.4 Å². The Hall–Kier alpha value is -0.580. The van der Waals surface area contributed by atoms with Crippen molar-refractivity contribution in [3.05, 3.63) is 28.2 Å². The van der Waals surface area contributed by atoms with E-state index < -0.39 is 6.10 Å². The predicted octanol–water partition coefficient (Wildman–Crippen LogP) is 2.92. The zero-order chi connectivity index (χ0) is 12.0. The van der Waals surface area contributed by atoms with Gasteiger partial charge in [0.2, 0.25) is 0 Å². The molecule has 0 aliphatic heterocycles. The first-order chi connectivity index (χ1) is 7.69. The van der Waals surface area contributed by atoms with E-state index in [-0.39, 0.29) is 0 Å². The Labute approximate surface area is 105 Å². The molecule has 4 heteroatoms. The maximum atomic E-state index is 9.68. The molecule has 1 aromatic rings. The SMILES string of the molecule is CC[C@H](O)c1ccc(OCCOC)c(Br)c1. The molecule has 1 rings (SSSR count). The third kappa shape index (κ3) is 3.77. The monoisotopic (exact) mass is 288 g/mol. The van der Waals surface area contributed by atoms with Crippen molar-refractivity contribution < 1.29 is 14.6 Å². The number of benzene rings is 1. The number of aliphatic hydroxyl groups excluding tert-OH is 1. The van der Waals surface area contributed by atoms with Crippen molar-refractivity contribution >= 4 is 15.9 Å². The van der Waals surface area contributed by atoms with Gasteiger partial charge in [-0.1, -0.05) is 13.0 Å². The highest BCUT2D eigenvalue weighted by Crippen LogP contribution is 2.29. The lowest BCUT2D eigenvalue weighted by molar-refractivity contribution is 0.145. The summed E-state index contributed by atoms with van der Waals surface area (Å²) in [6, 6.07) is 5.62. The van der Waals surface area contributed by atoms with Crippen LogP contribution in [0.2, 0.25) is 0 Å². The first-order valence-corrected chi connectivity index (χ1v) is 6.07. The minimum atomic E-state index is -0.413. The molecule has 1 atom stereocenters. The molecule has 3 nitrogen and oxygen atoms in total. The second-order valence-electron chi connectivity index (χ2n) is 3.46. The molecule has 1 N–H and O–H groups in total. The number of rotatable bonds is 6. The summed E-state index contributed by atoms with van der Waals surface area (Å²) in [6.07, 6.45) is 0.292. The summed E-state index contributed by atoms with van der Waals surface area (Å²) in [7, 11) is 1.64. The van der Waals surface area contributed by atoms with Crippen LogP contribution in [0.4, 0.5) is 0 Å². The highest BCUT2D eigenvalue weighted by molar-refractivity contribution is 9.10. The Morgan fingerprint density at radius 1 is 1.38 bits per heavy atom. The molecule has 1 aromatic carbocycles. The maximum absolute atomic E-state index is 9.68. The zero-order valence-corrected chi connectivity index (χ0v) is 11.2. The Kier molecular flexibility index (Phi) is 5.80. The van der Waals surface area contributed by atoms with E-state index in [2.05, 4.69) is 15.9 Å². The Balaban J connectivity index is 2.67. The summed E-state index contributed by atoms with van der Waals surface area (Å²) in [5.41, 5.74) is 0.897. The number of ether oxygens (including phenoxy) is 2. The van der Waals surface area contributed by atoms with Crippen molar-refractivity contribution in [3.8, 4) is 5.75 Å². The summed E-state index contributed by atoms with van der Waals surface area (Å²) in [6.45, 7) is 3.03. The molecule has 0 aromatic heterocycles. The molecule has 0 fully saturated rings. The van der Waals surface area contributed by atoms with Gasteiger partial charge in [-0.3, -0.25) is 0 Å².